The Bertz CT molecular complexity index is 753. The van der Waals surface area contributed by atoms with Crippen LogP contribution in [-0.4, -0.2) is 19.1 Å². The molecular weight excluding hydrogens is 421 g/mol. The third-order valence-electron chi connectivity index (χ3n) is 3.69. The van der Waals surface area contributed by atoms with Gasteiger partial charge in [-0.1, -0.05) is 13.0 Å². The second-order valence-corrected chi connectivity index (χ2v) is 6.41. The Kier molecular flexibility index (Phi) is 5.44. The molecule has 1 aliphatic rings. The molecular formula is C18H18INO4. The molecule has 0 aliphatic carbocycles. The van der Waals surface area contributed by atoms with Crippen LogP contribution in [0.25, 0.3) is 6.08 Å². The maximum absolute atomic E-state index is 12.2. The summed E-state index contributed by atoms with van der Waals surface area (Å²) in [5, 5.41) is 3.00. The highest BCUT2D eigenvalue weighted by atomic mass is 127. The van der Waals surface area contributed by atoms with E-state index in [1.165, 1.54) is 6.08 Å². The van der Waals surface area contributed by atoms with E-state index < -0.39 is 0 Å². The van der Waals surface area contributed by atoms with Crippen LogP contribution in [-0.2, 0) is 4.79 Å². The minimum Gasteiger partial charge on any atom is -0.486 e. The predicted molar refractivity (Wildman–Crippen MR) is 99.1 cm³/mol. The van der Waals surface area contributed by atoms with Gasteiger partial charge in [0.2, 0.25) is 5.91 Å². The summed E-state index contributed by atoms with van der Waals surface area (Å²) in [6.45, 7) is 3.14. The number of hydrogen-bond acceptors (Lipinski definition) is 4. The lowest BCUT2D eigenvalue weighted by molar-refractivity contribution is -0.117. The fourth-order valence-electron chi connectivity index (χ4n) is 2.49. The smallest absolute Gasteiger partial charge is 0.244 e. The first-order chi connectivity index (χ1) is 11.7. The SMILES string of the molecule is CCC(NC(=O)C=Cc1ccc(I)o1)c1ccc2c(c1)OCCO2. The van der Waals surface area contributed by atoms with Crippen LogP contribution in [0.15, 0.2) is 40.8 Å². The number of benzene rings is 1. The molecule has 0 saturated carbocycles. The van der Waals surface area contributed by atoms with Crippen molar-refractivity contribution in [2.75, 3.05) is 13.2 Å². The van der Waals surface area contributed by atoms with E-state index in [0.29, 0.717) is 19.0 Å². The summed E-state index contributed by atoms with van der Waals surface area (Å²) < 4.78 is 17.3. The monoisotopic (exact) mass is 439 g/mol. The number of carbonyl (C=O) groups excluding carboxylic acids is 1. The zero-order chi connectivity index (χ0) is 16.9. The van der Waals surface area contributed by atoms with Crippen LogP contribution >= 0.6 is 22.6 Å². The van der Waals surface area contributed by atoms with Crippen LogP contribution < -0.4 is 14.8 Å². The highest BCUT2D eigenvalue weighted by Gasteiger charge is 2.17. The maximum Gasteiger partial charge on any atom is 0.244 e. The fraction of sp³-hybridized carbons (Fsp3) is 0.278. The molecule has 0 fully saturated rings. The van der Waals surface area contributed by atoms with E-state index in [0.717, 1.165) is 27.3 Å². The van der Waals surface area contributed by atoms with Gasteiger partial charge in [0.25, 0.3) is 0 Å². The molecule has 0 radical (unpaired) electrons. The molecule has 1 aromatic carbocycles. The van der Waals surface area contributed by atoms with Gasteiger partial charge in [0, 0.05) is 6.08 Å². The Morgan fingerprint density at radius 3 is 2.75 bits per heavy atom. The van der Waals surface area contributed by atoms with Crippen molar-refractivity contribution in [3.05, 3.63) is 51.5 Å². The number of furan rings is 1. The van der Waals surface area contributed by atoms with Gasteiger partial charge in [-0.15, -0.1) is 0 Å². The topological polar surface area (TPSA) is 60.7 Å². The minimum atomic E-state index is -0.164. The number of halogens is 1. The van der Waals surface area contributed by atoms with E-state index in [9.17, 15) is 4.79 Å². The molecule has 1 N–H and O–H groups in total. The normalized spacial score (nSPS) is 14.6. The van der Waals surface area contributed by atoms with Gasteiger partial charge in [-0.3, -0.25) is 4.79 Å². The maximum atomic E-state index is 12.2. The van der Waals surface area contributed by atoms with E-state index in [-0.39, 0.29) is 11.9 Å². The van der Waals surface area contributed by atoms with Gasteiger partial charge in [-0.2, -0.15) is 0 Å². The number of hydrogen-bond donors (Lipinski definition) is 1. The molecule has 6 heteroatoms. The number of amides is 1. The van der Waals surface area contributed by atoms with Crippen molar-refractivity contribution in [3.63, 3.8) is 0 Å². The first-order valence-electron chi connectivity index (χ1n) is 7.79. The Morgan fingerprint density at radius 1 is 1.25 bits per heavy atom. The Morgan fingerprint density at radius 2 is 2.04 bits per heavy atom. The summed E-state index contributed by atoms with van der Waals surface area (Å²) in [7, 11) is 0. The fourth-order valence-corrected chi connectivity index (χ4v) is 2.93. The number of ether oxygens (including phenoxy) is 2. The van der Waals surface area contributed by atoms with Crippen LogP contribution in [0.4, 0.5) is 0 Å². The van der Waals surface area contributed by atoms with Gasteiger partial charge in [-0.25, -0.2) is 0 Å². The molecule has 1 aromatic heterocycles. The van der Waals surface area contributed by atoms with Crippen LogP contribution in [0.5, 0.6) is 11.5 Å². The van der Waals surface area contributed by atoms with Crippen molar-refractivity contribution in [1.29, 1.82) is 0 Å². The van der Waals surface area contributed by atoms with Crippen molar-refractivity contribution in [1.82, 2.24) is 5.32 Å². The van der Waals surface area contributed by atoms with Gasteiger partial charge >= 0.3 is 0 Å². The lowest BCUT2D eigenvalue weighted by atomic mass is 10.0. The van der Waals surface area contributed by atoms with Crippen molar-refractivity contribution >= 4 is 34.6 Å². The highest BCUT2D eigenvalue weighted by Crippen LogP contribution is 2.33. The molecule has 126 valence electrons. The van der Waals surface area contributed by atoms with E-state index in [1.807, 2.05) is 37.3 Å². The average Bonchev–Trinajstić information content (AvgIpc) is 3.03. The summed E-state index contributed by atoms with van der Waals surface area (Å²) in [5.74, 6) is 1.97. The van der Waals surface area contributed by atoms with Gasteiger partial charge in [0.05, 0.1) is 6.04 Å². The number of nitrogens with one attached hydrogen (secondary N) is 1. The second-order valence-electron chi connectivity index (χ2n) is 5.35. The Balaban J connectivity index is 1.67. The van der Waals surface area contributed by atoms with Gasteiger partial charge in [0.15, 0.2) is 15.3 Å². The highest BCUT2D eigenvalue weighted by molar-refractivity contribution is 14.1. The summed E-state index contributed by atoms with van der Waals surface area (Å²) >= 11 is 2.09. The quantitative estimate of drug-likeness (QED) is 0.567. The van der Waals surface area contributed by atoms with Gasteiger partial charge in [-0.05, 0) is 64.9 Å². The summed E-state index contributed by atoms with van der Waals surface area (Å²) in [4.78, 5) is 12.2. The van der Waals surface area contributed by atoms with Crippen molar-refractivity contribution in [2.24, 2.45) is 0 Å². The molecule has 5 nitrogen and oxygen atoms in total. The molecule has 1 unspecified atom stereocenters. The lowest BCUT2D eigenvalue weighted by Gasteiger charge is -2.22. The standard InChI is InChI=1S/C18H18INO4/c1-2-14(12-3-6-15-16(11-12)23-10-9-22-15)20-18(21)8-5-13-4-7-17(19)24-13/h3-8,11,14H,2,9-10H2,1H3,(H,20,21). The number of carbonyl (C=O) groups is 1. The predicted octanol–water partition coefficient (Wildman–Crippen LogP) is 3.94. The summed E-state index contributed by atoms with van der Waals surface area (Å²) in [6, 6.07) is 9.36. The van der Waals surface area contributed by atoms with Gasteiger partial charge < -0.3 is 19.2 Å². The first-order valence-corrected chi connectivity index (χ1v) is 8.87. The van der Waals surface area contributed by atoms with Crippen LogP contribution in [0.2, 0.25) is 0 Å². The summed E-state index contributed by atoms with van der Waals surface area (Å²) in [5.41, 5.74) is 0.996. The van der Waals surface area contributed by atoms with E-state index >= 15 is 0 Å². The first kappa shape index (κ1) is 16.9. The molecule has 2 heterocycles. The second kappa shape index (κ2) is 7.74. The van der Waals surface area contributed by atoms with Crippen molar-refractivity contribution < 1.29 is 18.7 Å². The molecule has 0 bridgehead atoms. The zero-order valence-electron chi connectivity index (χ0n) is 13.3. The van der Waals surface area contributed by atoms with Crippen LogP contribution in [0, 0.1) is 3.77 Å². The molecule has 1 amide bonds. The number of fused-ring (bicyclic) bond motifs is 1. The minimum absolute atomic E-state index is 0.0882. The Hall–Kier alpha value is -1.96. The molecule has 0 saturated heterocycles. The van der Waals surface area contributed by atoms with Crippen LogP contribution in [0.1, 0.15) is 30.7 Å². The number of rotatable bonds is 5. The molecule has 24 heavy (non-hydrogen) atoms. The third-order valence-corrected chi connectivity index (χ3v) is 4.27. The van der Waals surface area contributed by atoms with Crippen molar-refractivity contribution in [2.45, 2.75) is 19.4 Å². The van der Waals surface area contributed by atoms with Crippen molar-refractivity contribution in [3.8, 4) is 11.5 Å². The Labute approximate surface area is 154 Å². The molecule has 0 spiro atoms. The van der Waals surface area contributed by atoms with E-state index in [2.05, 4.69) is 27.9 Å². The van der Waals surface area contributed by atoms with Gasteiger partial charge in [0.1, 0.15) is 19.0 Å². The van der Waals surface area contributed by atoms with Crippen LogP contribution in [0.3, 0.4) is 0 Å². The molecule has 1 aliphatic heterocycles. The molecule has 3 rings (SSSR count). The van der Waals surface area contributed by atoms with E-state index in [4.69, 9.17) is 13.9 Å². The third kappa shape index (κ3) is 4.11. The zero-order valence-corrected chi connectivity index (χ0v) is 15.4. The summed E-state index contributed by atoms with van der Waals surface area (Å²) in [6.07, 6.45) is 3.92. The van der Waals surface area contributed by atoms with E-state index in [1.54, 1.807) is 6.08 Å². The largest absolute Gasteiger partial charge is 0.486 e. The molecule has 1 atom stereocenters. The average molecular weight is 439 g/mol. The molecule has 2 aromatic rings. The lowest BCUT2D eigenvalue weighted by Crippen LogP contribution is -2.26.